The van der Waals surface area contributed by atoms with E-state index in [9.17, 15) is 19.8 Å². The van der Waals surface area contributed by atoms with E-state index < -0.39 is 17.7 Å². The van der Waals surface area contributed by atoms with Gasteiger partial charge in [-0.3, -0.25) is 14.5 Å². The van der Waals surface area contributed by atoms with Crippen molar-refractivity contribution in [3.63, 3.8) is 0 Å². The third kappa shape index (κ3) is 3.30. The quantitative estimate of drug-likeness (QED) is 0.246. The number of ketones is 1. The molecule has 3 aromatic carbocycles. The highest BCUT2D eigenvalue weighted by molar-refractivity contribution is 6.51. The summed E-state index contributed by atoms with van der Waals surface area (Å²) in [7, 11) is 1.54. The molecule has 1 fully saturated rings. The number of aliphatic hydroxyl groups excluding tert-OH is 1. The van der Waals surface area contributed by atoms with Crippen molar-refractivity contribution in [1.82, 2.24) is 4.98 Å². The Morgan fingerprint density at radius 1 is 0.970 bits per heavy atom. The van der Waals surface area contributed by atoms with Crippen LogP contribution >= 0.6 is 0 Å². The van der Waals surface area contributed by atoms with E-state index in [1.54, 1.807) is 49.7 Å². The number of carbonyl (C=O) groups is 2. The Bertz CT molecular complexity index is 1400. The largest absolute Gasteiger partial charge is 0.508 e. The zero-order valence-electron chi connectivity index (χ0n) is 17.6. The molecule has 33 heavy (non-hydrogen) atoms. The smallest absolute Gasteiger partial charge is 0.300 e. The number of rotatable bonds is 4. The predicted molar refractivity (Wildman–Crippen MR) is 124 cm³/mol. The van der Waals surface area contributed by atoms with Gasteiger partial charge in [-0.1, -0.05) is 30.3 Å². The Hall–Kier alpha value is -4.52. The van der Waals surface area contributed by atoms with E-state index in [1.165, 1.54) is 17.0 Å². The molecule has 1 aliphatic heterocycles. The second-order valence-electron chi connectivity index (χ2n) is 7.71. The number of aliphatic hydroxyl groups is 1. The first kappa shape index (κ1) is 20.4. The number of anilines is 1. The van der Waals surface area contributed by atoms with Crippen molar-refractivity contribution in [1.29, 1.82) is 0 Å². The molecule has 0 radical (unpaired) electrons. The average Bonchev–Trinajstić information content (AvgIpc) is 3.38. The number of hydrogen-bond donors (Lipinski definition) is 3. The Kier molecular flexibility index (Phi) is 4.86. The van der Waals surface area contributed by atoms with Crippen LogP contribution in [0.25, 0.3) is 16.7 Å². The maximum Gasteiger partial charge on any atom is 0.300 e. The first-order valence-corrected chi connectivity index (χ1v) is 10.3. The molecule has 1 unspecified atom stereocenters. The number of aromatic hydroxyl groups is 1. The summed E-state index contributed by atoms with van der Waals surface area (Å²) in [4.78, 5) is 30.9. The Morgan fingerprint density at radius 2 is 1.67 bits per heavy atom. The molecule has 0 saturated carbocycles. The molecule has 2 heterocycles. The second kappa shape index (κ2) is 7.87. The van der Waals surface area contributed by atoms with Crippen LogP contribution in [0.2, 0.25) is 0 Å². The molecule has 1 amide bonds. The van der Waals surface area contributed by atoms with Crippen molar-refractivity contribution >= 4 is 34.0 Å². The SMILES string of the molecule is COc1ccc(N2C(=O)C(=O)/C(=C(\O)c3c[nH]c4ccccc34)C2c2ccc(O)cc2)cc1. The Morgan fingerprint density at radius 3 is 2.36 bits per heavy atom. The fraction of sp³-hybridized carbons (Fsp3) is 0.0769. The molecule has 1 saturated heterocycles. The highest BCUT2D eigenvalue weighted by atomic mass is 16.5. The van der Waals surface area contributed by atoms with Gasteiger partial charge in [-0.2, -0.15) is 0 Å². The van der Waals surface area contributed by atoms with Gasteiger partial charge in [-0.25, -0.2) is 0 Å². The topological polar surface area (TPSA) is 103 Å². The summed E-state index contributed by atoms with van der Waals surface area (Å²) in [5.74, 6) is -1.14. The molecule has 7 nitrogen and oxygen atoms in total. The minimum Gasteiger partial charge on any atom is -0.508 e. The fourth-order valence-electron chi connectivity index (χ4n) is 4.23. The highest BCUT2D eigenvalue weighted by Gasteiger charge is 2.47. The summed E-state index contributed by atoms with van der Waals surface area (Å²) in [6.07, 6.45) is 1.62. The number of fused-ring (bicyclic) bond motifs is 1. The molecule has 7 heteroatoms. The molecular formula is C26H20N2O5. The predicted octanol–water partition coefficient (Wildman–Crippen LogP) is 4.51. The number of hydrogen-bond acceptors (Lipinski definition) is 5. The van der Waals surface area contributed by atoms with E-state index in [1.807, 2.05) is 24.3 Å². The number of aromatic amines is 1. The van der Waals surface area contributed by atoms with Crippen LogP contribution in [-0.4, -0.2) is 34.0 Å². The van der Waals surface area contributed by atoms with Gasteiger partial charge in [0.05, 0.1) is 18.7 Å². The number of amides is 1. The van der Waals surface area contributed by atoms with Crippen LogP contribution in [0.5, 0.6) is 11.5 Å². The molecule has 1 aromatic heterocycles. The van der Waals surface area contributed by atoms with E-state index in [0.717, 1.165) is 10.9 Å². The van der Waals surface area contributed by atoms with Crippen LogP contribution in [0.1, 0.15) is 17.2 Å². The minimum atomic E-state index is -0.882. The number of carbonyl (C=O) groups excluding carboxylic acids is 2. The third-order valence-corrected chi connectivity index (χ3v) is 5.85. The van der Waals surface area contributed by atoms with Crippen LogP contribution in [0.3, 0.4) is 0 Å². The number of benzene rings is 3. The summed E-state index contributed by atoms with van der Waals surface area (Å²) >= 11 is 0. The Labute approximate surface area is 189 Å². The molecule has 164 valence electrons. The number of nitrogens with zero attached hydrogens (tertiary/aromatic N) is 1. The fourth-order valence-corrected chi connectivity index (χ4v) is 4.23. The van der Waals surface area contributed by atoms with Crippen molar-refractivity contribution < 1.29 is 24.5 Å². The molecule has 0 aliphatic carbocycles. The standard InChI is InChI=1S/C26H20N2O5/c1-33-18-12-8-16(9-13-18)28-23(15-6-10-17(29)11-7-15)22(25(31)26(28)32)24(30)20-14-27-21-5-3-2-4-19(20)21/h2-14,23,27,29-30H,1H3/b24-22-. The van der Waals surface area contributed by atoms with Crippen molar-refractivity contribution in [2.45, 2.75) is 6.04 Å². The normalized spacial score (nSPS) is 17.6. The van der Waals surface area contributed by atoms with Crippen LogP contribution in [0.4, 0.5) is 5.69 Å². The number of H-pyrrole nitrogens is 1. The van der Waals surface area contributed by atoms with E-state index in [0.29, 0.717) is 22.6 Å². The van der Waals surface area contributed by atoms with Crippen LogP contribution in [-0.2, 0) is 9.59 Å². The van der Waals surface area contributed by atoms with Crippen LogP contribution in [0.15, 0.2) is 84.6 Å². The van der Waals surface area contributed by atoms with Gasteiger partial charge in [-0.15, -0.1) is 0 Å². The number of nitrogens with one attached hydrogen (secondary N) is 1. The molecule has 0 bridgehead atoms. The number of ether oxygens (including phenoxy) is 1. The summed E-state index contributed by atoms with van der Waals surface area (Å²) in [6.45, 7) is 0. The molecule has 5 rings (SSSR count). The van der Waals surface area contributed by atoms with Gasteiger partial charge in [0, 0.05) is 28.4 Å². The van der Waals surface area contributed by atoms with Crippen LogP contribution < -0.4 is 9.64 Å². The number of Topliss-reactive ketones (excluding diaryl/α,β-unsaturated/α-hetero) is 1. The van der Waals surface area contributed by atoms with Gasteiger partial charge >= 0.3 is 0 Å². The average molecular weight is 440 g/mol. The van der Waals surface area contributed by atoms with Crippen molar-refractivity contribution in [3.8, 4) is 11.5 Å². The lowest BCUT2D eigenvalue weighted by Gasteiger charge is -2.25. The minimum absolute atomic E-state index is 0.0220. The lowest BCUT2D eigenvalue weighted by atomic mass is 9.95. The molecule has 4 aromatic rings. The number of para-hydroxylation sites is 1. The van der Waals surface area contributed by atoms with E-state index >= 15 is 0 Å². The molecule has 3 N–H and O–H groups in total. The lowest BCUT2D eigenvalue weighted by Crippen LogP contribution is -2.29. The van der Waals surface area contributed by atoms with Gasteiger partial charge < -0.3 is 19.9 Å². The van der Waals surface area contributed by atoms with Gasteiger partial charge in [0.15, 0.2) is 0 Å². The van der Waals surface area contributed by atoms with Gasteiger partial charge in [-0.05, 0) is 48.0 Å². The summed E-state index contributed by atoms with van der Waals surface area (Å²) in [6, 6.07) is 19.5. The van der Waals surface area contributed by atoms with E-state index in [2.05, 4.69) is 4.98 Å². The Balaban J connectivity index is 1.73. The van der Waals surface area contributed by atoms with Gasteiger partial charge in [0.2, 0.25) is 0 Å². The third-order valence-electron chi connectivity index (χ3n) is 5.85. The van der Waals surface area contributed by atoms with Crippen LogP contribution in [0, 0.1) is 0 Å². The van der Waals surface area contributed by atoms with Crippen molar-refractivity contribution in [3.05, 3.63) is 95.7 Å². The van der Waals surface area contributed by atoms with Crippen molar-refractivity contribution in [2.75, 3.05) is 12.0 Å². The lowest BCUT2D eigenvalue weighted by molar-refractivity contribution is -0.132. The molecule has 0 spiro atoms. The first-order chi connectivity index (χ1) is 16.0. The number of methoxy groups -OCH3 is 1. The zero-order chi connectivity index (χ0) is 23.1. The number of aromatic nitrogens is 1. The zero-order valence-corrected chi connectivity index (χ0v) is 17.6. The summed E-state index contributed by atoms with van der Waals surface area (Å²) in [5, 5.41) is 21.8. The number of phenolic OH excluding ortho intramolecular Hbond substituents is 1. The van der Waals surface area contributed by atoms with Gasteiger partial charge in [0.25, 0.3) is 11.7 Å². The maximum atomic E-state index is 13.2. The monoisotopic (exact) mass is 440 g/mol. The highest BCUT2D eigenvalue weighted by Crippen LogP contribution is 2.43. The van der Waals surface area contributed by atoms with E-state index in [-0.39, 0.29) is 17.1 Å². The van der Waals surface area contributed by atoms with Gasteiger partial charge in [0.1, 0.15) is 17.3 Å². The number of phenols is 1. The summed E-state index contributed by atoms with van der Waals surface area (Å²) < 4.78 is 5.20. The van der Waals surface area contributed by atoms with E-state index in [4.69, 9.17) is 4.74 Å². The first-order valence-electron chi connectivity index (χ1n) is 10.3. The molecule has 1 atom stereocenters. The molecular weight excluding hydrogens is 420 g/mol. The van der Waals surface area contributed by atoms with Crippen molar-refractivity contribution in [2.24, 2.45) is 0 Å². The molecule has 1 aliphatic rings. The summed E-state index contributed by atoms with van der Waals surface area (Å²) in [5.41, 5.74) is 2.26. The maximum absolute atomic E-state index is 13.2. The second-order valence-corrected chi connectivity index (χ2v) is 7.71.